The van der Waals surface area contributed by atoms with Crippen LogP contribution in [0.25, 0.3) is 11.0 Å². The lowest BCUT2D eigenvalue weighted by molar-refractivity contribution is -0.119. The number of carbonyl (C=O) groups excluding carboxylic acids is 2. The predicted molar refractivity (Wildman–Crippen MR) is 110 cm³/mol. The van der Waals surface area contributed by atoms with Gasteiger partial charge < -0.3 is 25.5 Å². The molecule has 0 saturated heterocycles. The van der Waals surface area contributed by atoms with E-state index in [4.69, 9.17) is 15.2 Å². The van der Waals surface area contributed by atoms with Gasteiger partial charge in [0.1, 0.15) is 5.82 Å². The van der Waals surface area contributed by atoms with E-state index in [1.54, 1.807) is 18.2 Å². The summed E-state index contributed by atoms with van der Waals surface area (Å²) in [7, 11) is 1.45. The van der Waals surface area contributed by atoms with Crippen molar-refractivity contribution in [3.05, 3.63) is 47.8 Å². The molecule has 8 heteroatoms. The van der Waals surface area contributed by atoms with Gasteiger partial charge in [-0.3, -0.25) is 9.59 Å². The number of primary amides is 1. The Balaban J connectivity index is 1.74. The second-order valence-corrected chi connectivity index (χ2v) is 6.59. The van der Waals surface area contributed by atoms with Crippen LogP contribution in [0.1, 0.15) is 35.9 Å². The highest BCUT2D eigenvalue weighted by atomic mass is 16.5. The van der Waals surface area contributed by atoms with Gasteiger partial charge in [0.05, 0.1) is 18.1 Å². The first-order valence-electron chi connectivity index (χ1n) is 9.39. The average molecular weight is 396 g/mol. The van der Waals surface area contributed by atoms with Crippen LogP contribution in [-0.4, -0.2) is 35.5 Å². The number of H-pyrrole nitrogens is 1. The van der Waals surface area contributed by atoms with Crippen LogP contribution >= 0.6 is 0 Å². The van der Waals surface area contributed by atoms with E-state index in [1.165, 1.54) is 7.11 Å². The number of anilines is 1. The Labute approximate surface area is 168 Å². The zero-order chi connectivity index (χ0) is 20.8. The fraction of sp³-hybridized carbons (Fsp3) is 0.286. The van der Waals surface area contributed by atoms with Gasteiger partial charge in [0, 0.05) is 17.7 Å². The van der Waals surface area contributed by atoms with Crippen molar-refractivity contribution in [2.75, 3.05) is 19.0 Å². The minimum absolute atomic E-state index is 0.271. The molecule has 0 saturated carbocycles. The summed E-state index contributed by atoms with van der Waals surface area (Å²) in [6.07, 6.45) is 3.08. The predicted octanol–water partition coefficient (Wildman–Crippen LogP) is 3.03. The summed E-state index contributed by atoms with van der Waals surface area (Å²) in [6, 6.07) is 10.2. The van der Waals surface area contributed by atoms with E-state index in [0.717, 1.165) is 36.1 Å². The summed E-state index contributed by atoms with van der Waals surface area (Å²) in [5, 5.41) is 2.87. The molecule has 0 atom stereocenters. The molecule has 1 aromatic heterocycles. The first-order valence-corrected chi connectivity index (χ1v) is 9.39. The molecular formula is C21H24N4O4. The van der Waals surface area contributed by atoms with Crippen LogP contribution in [0.4, 0.5) is 5.69 Å². The van der Waals surface area contributed by atoms with Crippen LogP contribution in [0.3, 0.4) is 0 Å². The molecular weight excluding hydrogens is 372 g/mol. The Morgan fingerprint density at radius 3 is 2.72 bits per heavy atom. The third kappa shape index (κ3) is 5.04. The molecule has 3 rings (SSSR count). The van der Waals surface area contributed by atoms with Gasteiger partial charge in [0.15, 0.2) is 18.1 Å². The van der Waals surface area contributed by atoms with E-state index >= 15 is 0 Å². The molecule has 152 valence electrons. The van der Waals surface area contributed by atoms with Crippen molar-refractivity contribution in [1.82, 2.24) is 9.97 Å². The largest absolute Gasteiger partial charge is 0.493 e. The molecule has 3 aromatic rings. The van der Waals surface area contributed by atoms with E-state index in [-0.39, 0.29) is 12.5 Å². The van der Waals surface area contributed by atoms with Crippen molar-refractivity contribution in [2.24, 2.45) is 5.73 Å². The normalized spacial score (nSPS) is 10.7. The van der Waals surface area contributed by atoms with Gasteiger partial charge in [-0.05, 0) is 42.8 Å². The van der Waals surface area contributed by atoms with Crippen LogP contribution in [-0.2, 0) is 11.2 Å². The Bertz CT molecular complexity index is 1030. The van der Waals surface area contributed by atoms with Crippen LogP contribution in [0, 0.1) is 0 Å². The molecule has 4 N–H and O–H groups in total. The maximum Gasteiger partial charge on any atom is 0.255 e. The topological polar surface area (TPSA) is 119 Å². The van der Waals surface area contributed by atoms with Gasteiger partial charge >= 0.3 is 0 Å². The van der Waals surface area contributed by atoms with Gasteiger partial charge in [-0.2, -0.15) is 0 Å². The molecule has 0 aliphatic carbocycles. The van der Waals surface area contributed by atoms with Crippen LogP contribution < -0.4 is 20.5 Å². The molecule has 29 heavy (non-hydrogen) atoms. The molecule has 0 spiro atoms. The number of fused-ring (bicyclic) bond motifs is 1. The number of aromatic nitrogens is 2. The maximum absolute atomic E-state index is 12.6. The van der Waals surface area contributed by atoms with E-state index in [0.29, 0.717) is 22.7 Å². The minimum atomic E-state index is -0.596. The van der Waals surface area contributed by atoms with E-state index in [9.17, 15) is 9.59 Å². The molecule has 0 bridgehead atoms. The highest BCUT2D eigenvalue weighted by Gasteiger charge is 2.13. The maximum atomic E-state index is 12.6. The number of nitrogens with zero attached hydrogens (tertiary/aromatic N) is 1. The second kappa shape index (κ2) is 9.09. The second-order valence-electron chi connectivity index (χ2n) is 6.59. The SMILES string of the molecule is CCCCc1nc2ccc(NC(=O)c3ccc(OCC(N)=O)c(OC)c3)cc2[nH]1. The monoisotopic (exact) mass is 396 g/mol. The third-order valence-corrected chi connectivity index (χ3v) is 4.35. The standard InChI is InChI=1S/C21H24N4O4/c1-3-4-5-20-24-15-8-7-14(11-16(15)25-20)23-21(27)13-6-9-17(18(10-13)28-2)29-12-19(22)26/h6-11H,3-5,12H2,1-2H3,(H2,22,26)(H,23,27)(H,24,25). The Kier molecular flexibility index (Phi) is 6.33. The van der Waals surface area contributed by atoms with Crippen molar-refractivity contribution >= 4 is 28.5 Å². The third-order valence-electron chi connectivity index (χ3n) is 4.35. The molecule has 8 nitrogen and oxygen atoms in total. The van der Waals surface area contributed by atoms with Crippen LogP contribution in [0.2, 0.25) is 0 Å². The molecule has 2 aromatic carbocycles. The number of nitrogens with one attached hydrogen (secondary N) is 2. The lowest BCUT2D eigenvalue weighted by Crippen LogP contribution is -2.20. The van der Waals surface area contributed by atoms with Crippen molar-refractivity contribution in [3.63, 3.8) is 0 Å². The van der Waals surface area contributed by atoms with Crippen molar-refractivity contribution < 1.29 is 19.1 Å². The summed E-state index contributed by atoms with van der Waals surface area (Å²) in [5.41, 5.74) is 7.87. The number of rotatable bonds is 9. The van der Waals surface area contributed by atoms with Gasteiger partial charge in [0.25, 0.3) is 11.8 Å². The number of hydrogen-bond donors (Lipinski definition) is 3. The Hall–Kier alpha value is -3.55. The Morgan fingerprint density at radius 2 is 2.00 bits per heavy atom. The number of methoxy groups -OCH3 is 1. The minimum Gasteiger partial charge on any atom is -0.493 e. The number of hydrogen-bond acceptors (Lipinski definition) is 5. The van der Waals surface area contributed by atoms with Crippen LogP contribution in [0.5, 0.6) is 11.5 Å². The van der Waals surface area contributed by atoms with Crippen molar-refractivity contribution in [2.45, 2.75) is 26.2 Å². The van der Waals surface area contributed by atoms with Gasteiger partial charge in [-0.1, -0.05) is 13.3 Å². The number of unbranched alkanes of at least 4 members (excludes halogenated alkanes) is 1. The number of imidazole rings is 1. The summed E-state index contributed by atoms with van der Waals surface area (Å²) in [4.78, 5) is 31.4. The van der Waals surface area contributed by atoms with Crippen molar-refractivity contribution in [3.8, 4) is 11.5 Å². The van der Waals surface area contributed by atoms with Gasteiger partial charge in [-0.25, -0.2) is 4.98 Å². The van der Waals surface area contributed by atoms with Gasteiger partial charge in [0.2, 0.25) is 0 Å². The fourth-order valence-corrected chi connectivity index (χ4v) is 2.88. The first-order chi connectivity index (χ1) is 14.0. The van der Waals surface area contributed by atoms with Crippen molar-refractivity contribution in [1.29, 1.82) is 0 Å². The van der Waals surface area contributed by atoms with E-state index in [2.05, 4.69) is 22.2 Å². The summed E-state index contributed by atoms with van der Waals surface area (Å²) in [5.74, 6) is 0.724. The number of ether oxygens (including phenoxy) is 2. The summed E-state index contributed by atoms with van der Waals surface area (Å²) in [6.45, 7) is 1.87. The summed E-state index contributed by atoms with van der Waals surface area (Å²) >= 11 is 0. The number of aryl methyl sites for hydroxylation is 1. The molecule has 0 unspecified atom stereocenters. The van der Waals surface area contributed by atoms with Gasteiger partial charge in [-0.15, -0.1) is 0 Å². The molecule has 0 fully saturated rings. The molecule has 0 radical (unpaired) electrons. The highest BCUT2D eigenvalue weighted by Crippen LogP contribution is 2.28. The lowest BCUT2D eigenvalue weighted by Gasteiger charge is -2.11. The highest BCUT2D eigenvalue weighted by molar-refractivity contribution is 6.05. The zero-order valence-corrected chi connectivity index (χ0v) is 16.5. The van der Waals surface area contributed by atoms with E-state index < -0.39 is 5.91 Å². The summed E-state index contributed by atoms with van der Waals surface area (Å²) < 4.78 is 10.5. The number of benzene rings is 2. The van der Waals surface area contributed by atoms with Crippen LogP contribution in [0.15, 0.2) is 36.4 Å². The lowest BCUT2D eigenvalue weighted by atomic mass is 10.1. The Morgan fingerprint density at radius 1 is 1.17 bits per heavy atom. The number of carbonyl (C=O) groups is 2. The molecule has 1 heterocycles. The quantitative estimate of drug-likeness (QED) is 0.514. The average Bonchev–Trinajstić information content (AvgIpc) is 3.12. The smallest absolute Gasteiger partial charge is 0.255 e. The molecule has 0 aliphatic heterocycles. The number of amides is 2. The molecule has 0 aliphatic rings. The number of aromatic amines is 1. The number of nitrogens with two attached hydrogens (primary N) is 1. The fourth-order valence-electron chi connectivity index (χ4n) is 2.88. The zero-order valence-electron chi connectivity index (χ0n) is 16.5. The van der Waals surface area contributed by atoms with E-state index in [1.807, 2.05) is 18.2 Å². The molecule has 2 amide bonds. The first kappa shape index (κ1) is 20.2.